The van der Waals surface area contributed by atoms with Crippen molar-refractivity contribution in [2.75, 3.05) is 7.11 Å². The van der Waals surface area contributed by atoms with E-state index in [4.69, 9.17) is 9.84 Å². The molecule has 0 spiro atoms. The van der Waals surface area contributed by atoms with Crippen molar-refractivity contribution >= 4 is 11.9 Å². The first kappa shape index (κ1) is 43.2. The molecule has 0 radical (unpaired) electrons. The Kier molecular flexibility index (Phi) is 21.0. The van der Waals surface area contributed by atoms with E-state index in [1.165, 1.54) is 13.0 Å². The van der Waals surface area contributed by atoms with Gasteiger partial charge in [0.1, 0.15) is 0 Å². The number of aliphatic carboxylic acids is 1. The van der Waals surface area contributed by atoms with Crippen LogP contribution in [0, 0.1) is 40.9 Å². The van der Waals surface area contributed by atoms with E-state index in [0.29, 0.717) is 0 Å². The van der Waals surface area contributed by atoms with Crippen LogP contribution in [0.1, 0.15) is 89.5 Å². The van der Waals surface area contributed by atoms with Crippen LogP contribution in [0.25, 0.3) is 0 Å². The fourth-order valence-electron chi connectivity index (χ4n) is 2.96. The largest absolute Gasteiger partial charge is 1.00 e. The predicted octanol–water partition coefficient (Wildman–Crippen LogP) is 1.52. The van der Waals surface area contributed by atoms with Gasteiger partial charge in [-0.3, -0.25) is 9.59 Å². The molecular weight excluding hydrogens is 434 g/mol. The third kappa shape index (κ3) is 9.97. The molecule has 0 aromatic rings. The molecule has 0 saturated heterocycles. The SMILES string of the molecule is C=C(C)[C-](C)C(C)(C)C(C)(C)C(=O)O.C=C(CC)[C-](C)C(C)(C)C(C)(C)C(=O)OC.[CH3-].[Na+].[Na+]. The van der Waals surface area contributed by atoms with Gasteiger partial charge in [-0.1, -0.05) is 58.8 Å². The number of carboxylic acids is 1. The third-order valence-corrected chi connectivity index (χ3v) is 7.83. The molecule has 33 heavy (non-hydrogen) atoms. The molecule has 0 aromatic carbocycles. The maximum atomic E-state index is 11.8. The number of methoxy groups -OCH3 is 1. The Labute approximate surface area is 250 Å². The minimum Gasteiger partial charge on any atom is -0.481 e. The van der Waals surface area contributed by atoms with Crippen molar-refractivity contribution in [3.8, 4) is 0 Å². The van der Waals surface area contributed by atoms with E-state index >= 15 is 0 Å². The van der Waals surface area contributed by atoms with Crippen molar-refractivity contribution in [2.45, 2.75) is 89.5 Å². The average Bonchev–Trinajstić information content (AvgIpc) is 2.64. The van der Waals surface area contributed by atoms with Gasteiger partial charge in [-0.25, -0.2) is 36.1 Å². The molecule has 0 aromatic heterocycles. The van der Waals surface area contributed by atoms with Crippen molar-refractivity contribution in [2.24, 2.45) is 21.7 Å². The first-order valence-electron chi connectivity index (χ1n) is 10.5. The Morgan fingerprint density at radius 1 is 0.848 bits per heavy atom. The molecule has 0 amide bonds. The van der Waals surface area contributed by atoms with E-state index < -0.39 is 16.8 Å². The van der Waals surface area contributed by atoms with Crippen molar-refractivity contribution in [3.63, 3.8) is 0 Å². The van der Waals surface area contributed by atoms with Crippen LogP contribution >= 0.6 is 0 Å². The van der Waals surface area contributed by atoms with Crippen LogP contribution in [-0.2, 0) is 14.3 Å². The van der Waals surface area contributed by atoms with Crippen LogP contribution in [0.4, 0.5) is 0 Å². The summed E-state index contributed by atoms with van der Waals surface area (Å²) in [4.78, 5) is 23.0. The number of ether oxygens (including phenoxy) is 1. The van der Waals surface area contributed by atoms with Gasteiger partial charge in [0.25, 0.3) is 0 Å². The molecule has 0 fully saturated rings. The first-order valence-corrected chi connectivity index (χ1v) is 10.5. The first-order chi connectivity index (χ1) is 13.2. The summed E-state index contributed by atoms with van der Waals surface area (Å²) in [6, 6.07) is 0. The Morgan fingerprint density at radius 3 is 1.42 bits per heavy atom. The van der Waals surface area contributed by atoms with Crippen molar-refractivity contribution < 1.29 is 78.5 Å². The molecular formula is C27H49Na2O4-. The Balaban J connectivity index is -0.000000146. The van der Waals surface area contributed by atoms with Gasteiger partial charge < -0.3 is 17.3 Å². The van der Waals surface area contributed by atoms with Gasteiger partial charge in [-0.05, 0) is 27.7 Å². The number of allylic oxidation sites excluding steroid dienone is 2. The topological polar surface area (TPSA) is 63.6 Å². The average molecular weight is 484 g/mol. The minimum atomic E-state index is -0.782. The summed E-state index contributed by atoms with van der Waals surface area (Å²) >= 11 is 0. The summed E-state index contributed by atoms with van der Waals surface area (Å²) in [6.07, 6.45) is 0.909. The summed E-state index contributed by atoms with van der Waals surface area (Å²) in [5, 5.41) is 9.16. The second-order valence-electron chi connectivity index (χ2n) is 10.3. The molecule has 0 unspecified atom stereocenters. The second-order valence-corrected chi connectivity index (χ2v) is 10.3. The third-order valence-electron chi connectivity index (χ3n) is 7.83. The molecule has 0 bridgehead atoms. The predicted molar refractivity (Wildman–Crippen MR) is 133 cm³/mol. The van der Waals surface area contributed by atoms with Crippen LogP contribution < -0.4 is 59.1 Å². The van der Waals surface area contributed by atoms with E-state index in [9.17, 15) is 9.59 Å². The monoisotopic (exact) mass is 483 g/mol. The van der Waals surface area contributed by atoms with Crippen molar-refractivity contribution in [1.82, 2.24) is 0 Å². The van der Waals surface area contributed by atoms with Gasteiger partial charge in [0.2, 0.25) is 0 Å². The molecule has 0 aliphatic rings. The molecule has 0 atom stereocenters. The summed E-state index contributed by atoms with van der Waals surface area (Å²) in [5.41, 5.74) is 0.0731. The maximum Gasteiger partial charge on any atom is 1.00 e. The van der Waals surface area contributed by atoms with Crippen LogP contribution in [0.5, 0.6) is 0 Å². The van der Waals surface area contributed by atoms with Crippen molar-refractivity contribution in [3.05, 3.63) is 43.6 Å². The number of carbonyl (C=O) groups excluding carboxylic acids is 1. The minimum absolute atomic E-state index is 0. The zero-order valence-corrected chi connectivity index (χ0v) is 28.8. The van der Waals surface area contributed by atoms with Crippen LogP contribution in [0.2, 0.25) is 0 Å². The number of hydrogen-bond acceptors (Lipinski definition) is 3. The molecule has 6 heteroatoms. The van der Waals surface area contributed by atoms with E-state index in [1.807, 2.05) is 41.5 Å². The maximum absolute atomic E-state index is 11.8. The summed E-state index contributed by atoms with van der Waals surface area (Å²) in [6.45, 7) is 31.3. The van der Waals surface area contributed by atoms with Gasteiger partial charge in [-0.15, -0.1) is 13.8 Å². The number of carbonyl (C=O) groups is 2. The van der Waals surface area contributed by atoms with E-state index in [-0.39, 0.29) is 83.3 Å². The van der Waals surface area contributed by atoms with E-state index in [0.717, 1.165) is 23.5 Å². The Morgan fingerprint density at radius 2 is 1.18 bits per heavy atom. The van der Waals surface area contributed by atoms with Crippen molar-refractivity contribution in [1.29, 1.82) is 0 Å². The molecule has 0 saturated carbocycles. The molecule has 0 aliphatic heterocycles. The van der Waals surface area contributed by atoms with E-state index in [1.54, 1.807) is 13.8 Å². The molecule has 0 aliphatic carbocycles. The number of rotatable bonds is 9. The van der Waals surface area contributed by atoms with Crippen LogP contribution in [0.15, 0.2) is 24.3 Å². The normalized spacial score (nSPS) is 11.2. The Bertz CT molecular complexity index is 647. The van der Waals surface area contributed by atoms with Crippen LogP contribution in [0.3, 0.4) is 0 Å². The zero-order valence-electron chi connectivity index (χ0n) is 24.8. The fourth-order valence-corrected chi connectivity index (χ4v) is 2.96. The van der Waals surface area contributed by atoms with Gasteiger partial charge >= 0.3 is 71.1 Å². The second kappa shape index (κ2) is 16.0. The molecule has 1 N–H and O–H groups in total. The van der Waals surface area contributed by atoms with Gasteiger partial charge in [0.05, 0.1) is 17.9 Å². The molecule has 0 heterocycles. The fraction of sp³-hybridized carbons (Fsp3) is 0.667. The summed E-state index contributed by atoms with van der Waals surface area (Å²) < 4.78 is 4.88. The molecule has 4 nitrogen and oxygen atoms in total. The zero-order chi connectivity index (χ0) is 24.9. The summed E-state index contributed by atoms with van der Waals surface area (Å²) in [7, 11) is 1.43. The Hall–Kier alpha value is 0.160. The smallest absolute Gasteiger partial charge is 0.481 e. The van der Waals surface area contributed by atoms with Gasteiger partial charge in [0.15, 0.2) is 0 Å². The van der Waals surface area contributed by atoms with E-state index in [2.05, 4.69) is 40.9 Å². The quantitative estimate of drug-likeness (QED) is 0.307. The molecule has 0 rings (SSSR count). The number of esters is 1. The van der Waals surface area contributed by atoms with Gasteiger partial charge in [-0.2, -0.15) is 0 Å². The number of hydrogen-bond donors (Lipinski definition) is 1. The molecule has 184 valence electrons. The summed E-state index contributed by atoms with van der Waals surface area (Å²) in [5.74, 6) is 1.26. The standard InChI is InChI=1S/C14H25O2.C12H21O2.CH3.2Na/c1-9-10(2)11(3)13(4,5)14(6,7)12(15)16-8;1-8(2)9(3)11(4,5)12(6,7)10(13)14;;;/h2,9H2,1,3-8H3;1H2,2-7H3,(H,13,14);1H3;;/q3*-1;2*+1. The number of carboxylic acid groups (broad SMARTS) is 1. The van der Waals surface area contributed by atoms with Gasteiger partial charge in [0, 0.05) is 0 Å². The van der Waals surface area contributed by atoms with Crippen LogP contribution in [-0.4, -0.2) is 24.2 Å².